The second kappa shape index (κ2) is 6.30. The topological polar surface area (TPSA) is 20.2 Å². The zero-order valence-electron chi connectivity index (χ0n) is 11.3. The summed E-state index contributed by atoms with van der Waals surface area (Å²) in [7, 11) is 0. The summed E-state index contributed by atoms with van der Waals surface area (Å²) in [6, 6.07) is 0. The summed E-state index contributed by atoms with van der Waals surface area (Å²) in [6.45, 7) is 9.16. The maximum absolute atomic E-state index is 10.2. The van der Waals surface area contributed by atoms with Gasteiger partial charge in [0.2, 0.25) is 0 Å². The molecule has 0 bridgehead atoms. The van der Waals surface area contributed by atoms with Gasteiger partial charge in [-0.1, -0.05) is 34.1 Å². The molecule has 1 saturated carbocycles. The molecule has 0 heterocycles. The molecule has 0 aromatic carbocycles. The van der Waals surface area contributed by atoms with E-state index in [0.29, 0.717) is 17.3 Å². The van der Waals surface area contributed by atoms with Gasteiger partial charge in [-0.15, -0.1) is 0 Å². The molecule has 3 unspecified atom stereocenters. The van der Waals surface area contributed by atoms with Gasteiger partial charge in [0.05, 0.1) is 6.10 Å². The van der Waals surface area contributed by atoms with Crippen LogP contribution in [0.2, 0.25) is 0 Å². The second-order valence-electron chi connectivity index (χ2n) is 6.03. The van der Waals surface area contributed by atoms with Crippen molar-refractivity contribution in [2.45, 2.75) is 59.5 Å². The van der Waals surface area contributed by atoms with Gasteiger partial charge in [0.1, 0.15) is 0 Å². The molecule has 16 heavy (non-hydrogen) atoms. The molecule has 0 spiro atoms. The number of hydrogen-bond donors (Lipinski definition) is 1. The van der Waals surface area contributed by atoms with Crippen LogP contribution in [0.1, 0.15) is 53.4 Å². The molecular weight excluding hydrogens is 216 g/mol. The van der Waals surface area contributed by atoms with Crippen molar-refractivity contribution in [2.75, 3.05) is 11.5 Å². The van der Waals surface area contributed by atoms with E-state index in [2.05, 4.69) is 27.7 Å². The lowest BCUT2D eigenvalue weighted by Gasteiger charge is -2.42. The Morgan fingerprint density at radius 1 is 1.31 bits per heavy atom. The van der Waals surface area contributed by atoms with Gasteiger partial charge in [0.15, 0.2) is 0 Å². The van der Waals surface area contributed by atoms with Gasteiger partial charge >= 0.3 is 0 Å². The van der Waals surface area contributed by atoms with Crippen LogP contribution in [0.5, 0.6) is 0 Å². The van der Waals surface area contributed by atoms with Gasteiger partial charge in [0.25, 0.3) is 0 Å². The summed E-state index contributed by atoms with van der Waals surface area (Å²) in [4.78, 5) is 0. The van der Waals surface area contributed by atoms with Crippen LogP contribution in [0.15, 0.2) is 0 Å². The van der Waals surface area contributed by atoms with Crippen LogP contribution in [0.3, 0.4) is 0 Å². The maximum Gasteiger partial charge on any atom is 0.0576 e. The quantitative estimate of drug-likeness (QED) is 0.739. The van der Waals surface area contributed by atoms with Crippen molar-refractivity contribution in [3.05, 3.63) is 0 Å². The number of thioether (sulfide) groups is 1. The predicted octanol–water partition coefficient (Wildman–Crippen LogP) is 3.95. The fraction of sp³-hybridized carbons (Fsp3) is 1.00. The monoisotopic (exact) mass is 244 g/mol. The molecule has 0 aromatic rings. The first-order valence-corrected chi connectivity index (χ1v) is 7.88. The molecule has 1 nitrogen and oxygen atoms in total. The number of rotatable bonds is 5. The highest BCUT2D eigenvalue weighted by molar-refractivity contribution is 7.99. The lowest BCUT2D eigenvalue weighted by molar-refractivity contribution is -0.0136. The molecule has 0 amide bonds. The maximum atomic E-state index is 10.2. The summed E-state index contributed by atoms with van der Waals surface area (Å²) < 4.78 is 0. The third-order valence-electron chi connectivity index (χ3n) is 4.18. The summed E-state index contributed by atoms with van der Waals surface area (Å²) >= 11 is 2.02. The largest absolute Gasteiger partial charge is 0.393 e. The molecule has 1 fully saturated rings. The molecule has 0 saturated heterocycles. The van der Waals surface area contributed by atoms with E-state index in [9.17, 15) is 5.11 Å². The van der Waals surface area contributed by atoms with E-state index < -0.39 is 0 Å². The molecule has 3 atom stereocenters. The zero-order valence-corrected chi connectivity index (χ0v) is 12.1. The van der Waals surface area contributed by atoms with Crippen LogP contribution < -0.4 is 0 Å². The van der Waals surface area contributed by atoms with E-state index in [1.165, 1.54) is 30.8 Å². The minimum Gasteiger partial charge on any atom is -0.393 e. The van der Waals surface area contributed by atoms with Gasteiger partial charge in [-0.05, 0) is 48.0 Å². The molecule has 1 aliphatic carbocycles. The Balaban J connectivity index is 2.47. The van der Waals surface area contributed by atoms with Crippen molar-refractivity contribution >= 4 is 11.8 Å². The van der Waals surface area contributed by atoms with Crippen LogP contribution >= 0.6 is 11.8 Å². The smallest absolute Gasteiger partial charge is 0.0576 e. The third-order valence-corrected chi connectivity index (χ3v) is 5.08. The minimum absolute atomic E-state index is 0.0645. The Morgan fingerprint density at radius 3 is 2.56 bits per heavy atom. The third kappa shape index (κ3) is 3.96. The van der Waals surface area contributed by atoms with Gasteiger partial charge in [0, 0.05) is 0 Å². The fourth-order valence-electron chi connectivity index (χ4n) is 2.93. The Hall–Kier alpha value is 0.310. The zero-order chi connectivity index (χ0) is 12.2. The summed E-state index contributed by atoms with van der Waals surface area (Å²) in [5.74, 6) is 3.68. The first-order chi connectivity index (χ1) is 7.47. The predicted molar refractivity (Wildman–Crippen MR) is 73.9 cm³/mol. The van der Waals surface area contributed by atoms with E-state index in [-0.39, 0.29) is 6.10 Å². The Bertz CT molecular complexity index is 203. The number of hydrogen-bond acceptors (Lipinski definition) is 2. The minimum atomic E-state index is -0.0645. The number of aliphatic hydroxyl groups is 1. The van der Waals surface area contributed by atoms with Crippen molar-refractivity contribution in [1.29, 1.82) is 0 Å². The molecule has 0 aromatic heterocycles. The van der Waals surface area contributed by atoms with Gasteiger partial charge in [-0.3, -0.25) is 0 Å². The second-order valence-corrected chi connectivity index (χ2v) is 7.42. The standard InChI is InChI=1S/C14H28OS/c1-5-16-9-8-14(3,4)12-7-6-11(2)10-13(12)15/h11-13,15H,5-10H2,1-4H3. The fourth-order valence-corrected chi connectivity index (χ4v) is 3.89. The average Bonchev–Trinajstić information content (AvgIpc) is 2.17. The Labute approximate surface area is 105 Å². The summed E-state index contributed by atoms with van der Waals surface area (Å²) in [5.41, 5.74) is 0.307. The van der Waals surface area contributed by atoms with Crippen LogP contribution in [0, 0.1) is 17.3 Å². The molecule has 96 valence electrons. The van der Waals surface area contributed by atoms with Crippen LogP contribution in [0.4, 0.5) is 0 Å². The number of aliphatic hydroxyl groups excluding tert-OH is 1. The van der Waals surface area contributed by atoms with E-state index in [4.69, 9.17) is 0 Å². The van der Waals surface area contributed by atoms with Gasteiger partial charge in [-0.25, -0.2) is 0 Å². The molecule has 2 heteroatoms. The highest BCUT2D eigenvalue weighted by atomic mass is 32.2. The van der Waals surface area contributed by atoms with Crippen molar-refractivity contribution < 1.29 is 5.11 Å². The first kappa shape index (κ1) is 14.4. The molecular formula is C14H28OS. The van der Waals surface area contributed by atoms with E-state index >= 15 is 0 Å². The van der Waals surface area contributed by atoms with Gasteiger partial charge < -0.3 is 5.11 Å². The highest BCUT2D eigenvalue weighted by Gasteiger charge is 2.37. The van der Waals surface area contributed by atoms with Crippen molar-refractivity contribution in [1.82, 2.24) is 0 Å². The molecule has 1 aliphatic rings. The van der Waals surface area contributed by atoms with Gasteiger partial charge in [-0.2, -0.15) is 11.8 Å². The molecule has 0 aliphatic heterocycles. The summed E-state index contributed by atoms with van der Waals surface area (Å²) in [5, 5.41) is 10.2. The SMILES string of the molecule is CCSCCC(C)(C)C1CCC(C)CC1O. The molecule has 1 rings (SSSR count). The average molecular weight is 244 g/mol. The van der Waals surface area contributed by atoms with Crippen LogP contribution in [0.25, 0.3) is 0 Å². The highest BCUT2D eigenvalue weighted by Crippen LogP contribution is 2.42. The summed E-state index contributed by atoms with van der Waals surface area (Å²) in [6.07, 6.45) is 4.69. The molecule has 1 N–H and O–H groups in total. The van der Waals surface area contributed by atoms with Crippen LogP contribution in [-0.2, 0) is 0 Å². The lowest BCUT2D eigenvalue weighted by atomic mass is 9.66. The molecule has 0 radical (unpaired) electrons. The van der Waals surface area contributed by atoms with E-state index in [0.717, 1.165) is 6.42 Å². The van der Waals surface area contributed by atoms with Crippen molar-refractivity contribution in [3.8, 4) is 0 Å². The van der Waals surface area contributed by atoms with E-state index in [1.807, 2.05) is 11.8 Å². The van der Waals surface area contributed by atoms with Crippen molar-refractivity contribution in [3.63, 3.8) is 0 Å². The first-order valence-electron chi connectivity index (χ1n) is 6.73. The van der Waals surface area contributed by atoms with Crippen molar-refractivity contribution in [2.24, 2.45) is 17.3 Å². The lowest BCUT2D eigenvalue weighted by Crippen LogP contribution is -2.38. The van der Waals surface area contributed by atoms with Crippen LogP contribution in [-0.4, -0.2) is 22.7 Å². The normalized spacial score (nSPS) is 31.7. The Morgan fingerprint density at radius 2 is 2.00 bits per heavy atom. The van der Waals surface area contributed by atoms with E-state index in [1.54, 1.807) is 0 Å². The Kier molecular flexibility index (Phi) is 5.66.